The highest BCUT2D eigenvalue weighted by Gasteiger charge is 2.33. The van der Waals surface area contributed by atoms with Gasteiger partial charge in [-0.2, -0.15) is 18.4 Å². The van der Waals surface area contributed by atoms with E-state index in [1.165, 1.54) is 12.1 Å². The average molecular weight is 351 g/mol. The van der Waals surface area contributed by atoms with Crippen LogP contribution in [0.25, 0.3) is 22.3 Å². The van der Waals surface area contributed by atoms with Crippen LogP contribution in [0.4, 0.5) is 13.2 Å². The van der Waals surface area contributed by atoms with Crippen molar-refractivity contribution in [1.82, 2.24) is 14.5 Å². The summed E-state index contributed by atoms with van der Waals surface area (Å²) in [5, 5.41) is 8.87. The van der Waals surface area contributed by atoms with Gasteiger partial charge in [0.15, 0.2) is 5.69 Å². The first kappa shape index (κ1) is 16.3. The number of hydrogen-bond donors (Lipinski definition) is 0. The van der Waals surface area contributed by atoms with Gasteiger partial charge in [0.1, 0.15) is 11.6 Å². The molecule has 8 heteroatoms. The SMILES string of the molecule is CCn1cnc2c(C#N)nc(-c3ccc(Cl)c(C(F)(F)F)c3)cc21. The number of hydrogen-bond acceptors (Lipinski definition) is 3. The molecule has 1 aromatic carbocycles. The molecule has 0 N–H and O–H groups in total. The zero-order valence-corrected chi connectivity index (χ0v) is 13.2. The zero-order valence-electron chi connectivity index (χ0n) is 12.4. The Morgan fingerprint density at radius 3 is 2.67 bits per heavy atom. The standard InChI is InChI=1S/C16H10ClF3N4/c1-2-24-8-22-15-13(7-21)23-12(6-14(15)24)9-3-4-11(17)10(5-9)16(18,19)20/h3-6,8H,2H2,1H3. The fourth-order valence-electron chi connectivity index (χ4n) is 2.44. The maximum atomic E-state index is 13.0. The maximum Gasteiger partial charge on any atom is 0.417 e. The van der Waals surface area contributed by atoms with Crippen molar-refractivity contribution in [2.24, 2.45) is 0 Å². The number of aromatic nitrogens is 3. The average Bonchev–Trinajstić information content (AvgIpc) is 2.96. The van der Waals surface area contributed by atoms with E-state index < -0.39 is 11.7 Å². The van der Waals surface area contributed by atoms with Gasteiger partial charge in [0.2, 0.25) is 0 Å². The van der Waals surface area contributed by atoms with E-state index in [2.05, 4.69) is 9.97 Å². The minimum atomic E-state index is -4.57. The lowest BCUT2D eigenvalue weighted by Gasteiger charge is -2.11. The number of alkyl halides is 3. The third-order valence-corrected chi connectivity index (χ3v) is 3.95. The third-order valence-electron chi connectivity index (χ3n) is 3.62. The van der Waals surface area contributed by atoms with Crippen LogP contribution in [0.5, 0.6) is 0 Å². The Kier molecular flexibility index (Phi) is 3.93. The number of fused-ring (bicyclic) bond motifs is 1. The summed E-state index contributed by atoms with van der Waals surface area (Å²) in [6.07, 6.45) is -3.00. The van der Waals surface area contributed by atoms with Crippen molar-refractivity contribution in [1.29, 1.82) is 5.26 Å². The maximum absolute atomic E-state index is 13.0. The Morgan fingerprint density at radius 2 is 2.04 bits per heavy atom. The van der Waals surface area contributed by atoms with E-state index in [1.54, 1.807) is 17.0 Å². The summed E-state index contributed by atoms with van der Waals surface area (Å²) in [7, 11) is 0. The smallest absolute Gasteiger partial charge is 0.331 e. The summed E-state index contributed by atoms with van der Waals surface area (Å²) in [6, 6.07) is 7.11. The van der Waals surface area contributed by atoms with Crippen molar-refractivity contribution in [2.45, 2.75) is 19.6 Å². The Hall–Kier alpha value is -2.59. The molecule has 4 nitrogen and oxygen atoms in total. The summed E-state index contributed by atoms with van der Waals surface area (Å²) in [5.74, 6) is 0. The van der Waals surface area contributed by atoms with E-state index in [1.807, 2.05) is 13.0 Å². The van der Waals surface area contributed by atoms with Crippen LogP contribution in [0.15, 0.2) is 30.6 Å². The predicted octanol–water partition coefficient (Wildman–Crippen LogP) is 4.66. The molecule has 0 spiro atoms. The lowest BCUT2D eigenvalue weighted by Crippen LogP contribution is -2.06. The van der Waals surface area contributed by atoms with Gasteiger partial charge in [0.25, 0.3) is 0 Å². The van der Waals surface area contributed by atoms with Crippen LogP contribution in [0.3, 0.4) is 0 Å². The number of benzene rings is 1. The minimum Gasteiger partial charge on any atom is -0.331 e. The van der Waals surface area contributed by atoms with Crippen LogP contribution in [0.2, 0.25) is 5.02 Å². The molecule has 2 heterocycles. The highest BCUT2D eigenvalue weighted by molar-refractivity contribution is 6.31. The van der Waals surface area contributed by atoms with Crippen molar-refractivity contribution in [2.75, 3.05) is 0 Å². The zero-order chi connectivity index (χ0) is 17.5. The van der Waals surface area contributed by atoms with Crippen LogP contribution in [-0.4, -0.2) is 14.5 Å². The lowest BCUT2D eigenvalue weighted by molar-refractivity contribution is -0.137. The molecular weight excluding hydrogens is 341 g/mol. The Balaban J connectivity index is 2.25. The van der Waals surface area contributed by atoms with Gasteiger partial charge in [-0.05, 0) is 25.1 Å². The fourth-order valence-corrected chi connectivity index (χ4v) is 2.67. The van der Waals surface area contributed by atoms with Crippen LogP contribution < -0.4 is 0 Å². The van der Waals surface area contributed by atoms with Crippen molar-refractivity contribution >= 4 is 22.6 Å². The molecule has 0 amide bonds. The molecule has 24 heavy (non-hydrogen) atoms. The second-order valence-corrected chi connectivity index (χ2v) is 5.47. The third kappa shape index (κ3) is 2.69. The molecule has 0 unspecified atom stereocenters. The van der Waals surface area contributed by atoms with Gasteiger partial charge in [-0.3, -0.25) is 0 Å². The van der Waals surface area contributed by atoms with Crippen LogP contribution in [0, 0.1) is 11.3 Å². The van der Waals surface area contributed by atoms with Crippen molar-refractivity contribution in [3.63, 3.8) is 0 Å². The second-order valence-electron chi connectivity index (χ2n) is 5.06. The highest BCUT2D eigenvalue weighted by atomic mass is 35.5. The molecule has 0 bridgehead atoms. The molecule has 0 saturated carbocycles. The first-order valence-corrected chi connectivity index (χ1v) is 7.36. The Bertz CT molecular complexity index is 970. The van der Waals surface area contributed by atoms with Crippen molar-refractivity contribution in [3.05, 3.63) is 46.9 Å². The van der Waals surface area contributed by atoms with Crippen molar-refractivity contribution < 1.29 is 13.2 Å². The minimum absolute atomic E-state index is 0.0678. The Morgan fingerprint density at radius 1 is 1.29 bits per heavy atom. The molecule has 0 aliphatic heterocycles. The topological polar surface area (TPSA) is 54.5 Å². The van der Waals surface area contributed by atoms with Gasteiger partial charge >= 0.3 is 6.18 Å². The Labute approximate surface area is 140 Å². The quantitative estimate of drug-likeness (QED) is 0.675. The molecule has 122 valence electrons. The summed E-state index contributed by atoms with van der Waals surface area (Å²) >= 11 is 5.65. The van der Waals surface area contributed by atoms with Crippen LogP contribution in [-0.2, 0) is 12.7 Å². The van der Waals surface area contributed by atoms with E-state index in [-0.39, 0.29) is 22.0 Å². The molecule has 0 saturated heterocycles. The second kappa shape index (κ2) is 5.80. The van der Waals surface area contributed by atoms with Crippen molar-refractivity contribution in [3.8, 4) is 17.3 Å². The summed E-state index contributed by atoms with van der Waals surface area (Å²) in [6.45, 7) is 2.51. The molecule has 0 aliphatic carbocycles. The molecule has 0 fully saturated rings. The molecular formula is C16H10ClF3N4. The summed E-state index contributed by atoms with van der Waals surface area (Å²) < 4.78 is 40.9. The predicted molar refractivity (Wildman–Crippen MR) is 83.4 cm³/mol. The summed E-state index contributed by atoms with van der Waals surface area (Å²) in [4.78, 5) is 8.29. The number of nitriles is 1. The number of nitrogens with zero attached hydrogens (tertiary/aromatic N) is 4. The lowest BCUT2D eigenvalue weighted by atomic mass is 10.1. The summed E-state index contributed by atoms with van der Waals surface area (Å²) in [5.41, 5.74) is 0.686. The van der Waals surface area contributed by atoms with E-state index in [9.17, 15) is 18.4 Å². The van der Waals surface area contributed by atoms with Gasteiger partial charge in [-0.25, -0.2) is 9.97 Å². The largest absolute Gasteiger partial charge is 0.417 e. The van der Waals surface area contributed by atoms with E-state index in [0.29, 0.717) is 17.6 Å². The monoisotopic (exact) mass is 350 g/mol. The number of rotatable bonds is 2. The number of pyridine rings is 1. The van der Waals surface area contributed by atoms with Gasteiger partial charge in [-0.1, -0.05) is 17.7 Å². The van der Waals surface area contributed by atoms with Gasteiger partial charge in [0.05, 0.1) is 28.1 Å². The molecule has 0 radical (unpaired) electrons. The molecule has 3 rings (SSSR count). The van der Waals surface area contributed by atoms with Crippen LogP contribution >= 0.6 is 11.6 Å². The number of imidazole rings is 1. The van der Waals surface area contributed by atoms with E-state index in [0.717, 1.165) is 6.07 Å². The van der Waals surface area contributed by atoms with E-state index in [4.69, 9.17) is 11.6 Å². The molecule has 3 aromatic rings. The number of halogens is 4. The van der Waals surface area contributed by atoms with Gasteiger partial charge < -0.3 is 4.57 Å². The van der Waals surface area contributed by atoms with Crippen LogP contribution in [0.1, 0.15) is 18.2 Å². The molecule has 2 aromatic heterocycles. The molecule has 0 atom stereocenters. The first-order chi connectivity index (χ1) is 11.3. The molecule has 0 aliphatic rings. The normalized spacial score (nSPS) is 11.7. The van der Waals surface area contributed by atoms with E-state index >= 15 is 0 Å². The highest BCUT2D eigenvalue weighted by Crippen LogP contribution is 2.37. The van der Waals surface area contributed by atoms with Gasteiger partial charge in [-0.15, -0.1) is 0 Å². The van der Waals surface area contributed by atoms with Gasteiger partial charge in [0, 0.05) is 12.1 Å². The fraction of sp³-hybridized carbons (Fsp3) is 0.188. The number of aryl methyl sites for hydroxylation is 1. The first-order valence-electron chi connectivity index (χ1n) is 6.98.